The molecule has 0 bridgehead atoms. The van der Waals surface area contributed by atoms with Gasteiger partial charge in [0.15, 0.2) is 0 Å². The van der Waals surface area contributed by atoms with Gasteiger partial charge in [-0.25, -0.2) is 8.42 Å². The minimum absolute atomic E-state index is 0.158. The SMILES string of the molecule is NC(=O)C1CCCCC1NC(=O)c1ccc(N2CCCCS2(=O)=O)cc1. The summed E-state index contributed by atoms with van der Waals surface area (Å²) in [6.45, 7) is 0.468. The van der Waals surface area contributed by atoms with Crippen LogP contribution in [0, 0.1) is 5.92 Å². The van der Waals surface area contributed by atoms with Crippen LogP contribution in [0.2, 0.25) is 0 Å². The van der Waals surface area contributed by atoms with E-state index in [1.54, 1.807) is 24.3 Å². The van der Waals surface area contributed by atoms with Crippen LogP contribution in [-0.4, -0.2) is 38.6 Å². The summed E-state index contributed by atoms with van der Waals surface area (Å²) >= 11 is 0. The zero-order valence-corrected chi connectivity index (χ0v) is 15.5. The number of nitrogens with zero attached hydrogens (tertiary/aromatic N) is 1. The predicted molar refractivity (Wildman–Crippen MR) is 99.2 cm³/mol. The molecule has 2 atom stereocenters. The van der Waals surface area contributed by atoms with Gasteiger partial charge in [-0.1, -0.05) is 12.8 Å². The number of carbonyl (C=O) groups is 2. The fourth-order valence-electron chi connectivity index (χ4n) is 3.75. The zero-order chi connectivity index (χ0) is 18.7. The smallest absolute Gasteiger partial charge is 0.251 e. The van der Waals surface area contributed by atoms with E-state index in [1.807, 2.05) is 0 Å². The molecule has 142 valence electrons. The summed E-state index contributed by atoms with van der Waals surface area (Å²) < 4.78 is 25.7. The monoisotopic (exact) mass is 379 g/mol. The standard InChI is InChI=1S/C18H25N3O4S/c19-17(22)15-5-1-2-6-16(15)20-18(23)13-7-9-14(10-8-13)21-11-3-4-12-26(21,24)25/h7-10,15-16H,1-6,11-12H2,(H2,19,22)(H,20,23). The minimum atomic E-state index is -3.27. The van der Waals surface area contributed by atoms with Crippen LogP contribution < -0.4 is 15.4 Å². The number of sulfonamides is 1. The number of primary amides is 1. The van der Waals surface area contributed by atoms with Gasteiger partial charge < -0.3 is 11.1 Å². The summed E-state index contributed by atoms with van der Waals surface area (Å²) in [7, 11) is -3.27. The Morgan fingerprint density at radius 2 is 1.73 bits per heavy atom. The van der Waals surface area contributed by atoms with E-state index >= 15 is 0 Å². The Morgan fingerprint density at radius 1 is 1.04 bits per heavy atom. The highest BCUT2D eigenvalue weighted by molar-refractivity contribution is 7.92. The first-order valence-corrected chi connectivity index (χ1v) is 10.7. The number of hydrogen-bond acceptors (Lipinski definition) is 4. The van der Waals surface area contributed by atoms with Crippen molar-refractivity contribution in [3.63, 3.8) is 0 Å². The molecular formula is C18H25N3O4S. The third-order valence-corrected chi connectivity index (χ3v) is 7.08. The van der Waals surface area contributed by atoms with E-state index in [0.29, 0.717) is 30.6 Å². The Morgan fingerprint density at radius 3 is 2.38 bits per heavy atom. The summed E-state index contributed by atoms with van der Waals surface area (Å²) in [5.41, 5.74) is 6.47. The van der Waals surface area contributed by atoms with Gasteiger partial charge in [0.2, 0.25) is 15.9 Å². The lowest BCUT2D eigenvalue weighted by molar-refractivity contribution is -0.123. The molecule has 1 aromatic carbocycles. The van der Waals surface area contributed by atoms with Crippen LogP contribution in [0.15, 0.2) is 24.3 Å². The lowest BCUT2D eigenvalue weighted by Crippen LogP contribution is -2.47. The third kappa shape index (κ3) is 4.00. The number of anilines is 1. The van der Waals surface area contributed by atoms with Crippen molar-refractivity contribution in [2.45, 2.75) is 44.6 Å². The second kappa shape index (κ2) is 7.65. The number of benzene rings is 1. The average molecular weight is 379 g/mol. The van der Waals surface area contributed by atoms with Crippen molar-refractivity contribution < 1.29 is 18.0 Å². The summed E-state index contributed by atoms with van der Waals surface area (Å²) in [6, 6.07) is 6.32. The van der Waals surface area contributed by atoms with Crippen molar-refractivity contribution in [2.75, 3.05) is 16.6 Å². The maximum atomic E-state index is 12.5. The molecule has 7 nitrogen and oxygen atoms in total. The molecule has 3 rings (SSSR count). The van der Waals surface area contributed by atoms with E-state index in [9.17, 15) is 18.0 Å². The van der Waals surface area contributed by atoms with Gasteiger partial charge in [0.1, 0.15) is 0 Å². The summed E-state index contributed by atoms with van der Waals surface area (Å²) in [4.78, 5) is 24.1. The Labute approximate surface area is 154 Å². The second-order valence-electron chi connectivity index (χ2n) is 7.02. The van der Waals surface area contributed by atoms with Gasteiger partial charge in [-0.05, 0) is 49.9 Å². The van der Waals surface area contributed by atoms with Gasteiger partial charge in [0.25, 0.3) is 5.91 Å². The zero-order valence-electron chi connectivity index (χ0n) is 14.7. The van der Waals surface area contributed by atoms with Gasteiger partial charge in [-0.3, -0.25) is 13.9 Å². The first-order chi connectivity index (χ1) is 12.4. The van der Waals surface area contributed by atoms with Crippen LogP contribution in [0.4, 0.5) is 5.69 Å². The maximum absolute atomic E-state index is 12.5. The van der Waals surface area contributed by atoms with Crippen LogP contribution in [0.3, 0.4) is 0 Å². The fourth-order valence-corrected chi connectivity index (χ4v) is 5.39. The van der Waals surface area contributed by atoms with E-state index in [2.05, 4.69) is 5.32 Å². The van der Waals surface area contributed by atoms with Crippen molar-refractivity contribution in [1.82, 2.24) is 5.32 Å². The Balaban J connectivity index is 1.70. The van der Waals surface area contributed by atoms with Crippen molar-refractivity contribution >= 4 is 27.5 Å². The molecule has 3 N–H and O–H groups in total. The van der Waals surface area contributed by atoms with Crippen molar-refractivity contribution in [1.29, 1.82) is 0 Å². The minimum Gasteiger partial charge on any atom is -0.369 e. The van der Waals surface area contributed by atoms with Gasteiger partial charge in [-0.2, -0.15) is 0 Å². The van der Waals surface area contributed by atoms with Crippen molar-refractivity contribution in [2.24, 2.45) is 11.7 Å². The molecule has 2 fully saturated rings. The van der Waals surface area contributed by atoms with Crippen LogP contribution in [-0.2, 0) is 14.8 Å². The first kappa shape index (κ1) is 18.7. The molecule has 1 saturated heterocycles. The summed E-state index contributed by atoms with van der Waals surface area (Å²) in [6.07, 6.45) is 4.86. The Hall–Kier alpha value is -2.09. The number of hydrogen-bond donors (Lipinski definition) is 2. The van der Waals surface area contributed by atoms with Crippen LogP contribution in [0.1, 0.15) is 48.9 Å². The Kier molecular flexibility index (Phi) is 5.50. The topological polar surface area (TPSA) is 110 Å². The van der Waals surface area contributed by atoms with Crippen molar-refractivity contribution in [3.8, 4) is 0 Å². The summed E-state index contributed by atoms with van der Waals surface area (Å²) in [5, 5.41) is 2.91. The molecule has 8 heteroatoms. The number of rotatable bonds is 4. The molecule has 0 spiro atoms. The molecular weight excluding hydrogens is 354 g/mol. The molecule has 1 saturated carbocycles. The summed E-state index contributed by atoms with van der Waals surface area (Å²) in [5.74, 6) is -0.812. The average Bonchev–Trinajstić information content (AvgIpc) is 2.62. The molecule has 2 amide bonds. The number of nitrogens with one attached hydrogen (secondary N) is 1. The molecule has 1 heterocycles. The predicted octanol–water partition coefficient (Wildman–Crippen LogP) is 1.39. The highest BCUT2D eigenvalue weighted by atomic mass is 32.2. The highest BCUT2D eigenvalue weighted by Gasteiger charge is 2.31. The lowest BCUT2D eigenvalue weighted by Gasteiger charge is -2.30. The maximum Gasteiger partial charge on any atom is 0.251 e. The van der Waals surface area contributed by atoms with Crippen LogP contribution in [0.25, 0.3) is 0 Å². The molecule has 0 radical (unpaired) electrons. The van der Waals surface area contributed by atoms with Crippen LogP contribution in [0.5, 0.6) is 0 Å². The second-order valence-corrected chi connectivity index (χ2v) is 9.03. The van der Waals surface area contributed by atoms with E-state index in [0.717, 1.165) is 25.7 Å². The quantitative estimate of drug-likeness (QED) is 0.824. The normalized spacial score (nSPS) is 25.5. The van der Waals surface area contributed by atoms with E-state index in [4.69, 9.17) is 5.73 Å². The molecule has 26 heavy (non-hydrogen) atoms. The van der Waals surface area contributed by atoms with Gasteiger partial charge in [-0.15, -0.1) is 0 Å². The molecule has 1 aliphatic carbocycles. The van der Waals surface area contributed by atoms with E-state index in [1.165, 1.54) is 4.31 Å². The van der Waals surface area contributed by atoms with E-state index in [-0.39, 0.29) is 29.5 Å². The molecule has 1 aliphatic heterocycles. The van der Waals surface area contributed by atoms with Gasteiger partial charge >= 0.3 is 0 Å². The van der Waals surface area contributed by atoms with Gasteiger partial charge in [0.05, 0.1) is 17.4 Å². The number of carbonyl (C=O) groups excluding carboxylic acids is 2. The molecule has 0 aromatic heterocycles. The van der Waals surface area contributed by atoms with Crippen molar-refractivity contribution in [3.05, 3.63) is 29.8 Å². The highest BCUT2D eigenvalue weighted by Crippen LogP contribution is 2.26. The van der Waals surface area contributed by atoms with Gasteiger partial charge in [0, 0.05) is 18.2 Å². The molecule has 2 aliphatic rings. The molecule has 2 unspecified atom stereocenters. The number of amides is 2. The van der Waals surface area contributed by atoms with Crippen LogP contribution >= 0.6 is 0 Å². The largest absolute Gasteiger partial charge is 0.369 e. The van der Waals surface area contributed by atoms with E-state index < -0.39 is 10.0 Å². The molecule has 1 aromatic rings. The first-order valence-electron chi connectivity index (χ1n) is 9.09. The fraction of sp³-hybridized carbons (Fsp3) is 0.556. The number of nitrogens with two attached hydrogens (primary N) is 1. The third-order valence-electron chi connectivity index (χ3n) is 5.21. The Bertz CT molecular complexity index is 776. The lowest BCUT2D eigenvalue weighted by atomic mass is 9.84.